The summed E-state index contributed by atoms with van der Waals surface area (Å²) in [6.45, 7) is 5.48. The molecule has 0 radical (unpaired) electrons. The summed E-state index contributed by atoms with van der Waals surface area (Å²) in [5.41, 5.74) is 1.02. The summed E-state index contributed by atoms with van der Waals surface area (Å²) in [6, 6.07) is 2.48. The quantitative estimate of drug-likeness (QED) is 0.743. The Morgan fingerprint density at radius 3 is 2.93 bits per heavy atom. The summed E-state index contributed by atoms with van der Waals surface area (Å²) in [4.78, 5) is 6.33. The first-order valence-electron chi connectivity index (χ1n) is 5.54. The molecule has 0 N–H and O–H groups in total. The van der Waals surface area contributed by atoms with Gasteiger partial charge in [0.05, 0.1) is 6.20 Å². The van der Waals surface area contributed by atoms with Crippen molar-refractivity contribution in [2.75, 3.05) is 6.54 Å². The number of likely N-dealkylation sites (tertiary alicyclic amines) is 1. The smallest absolute Gasteiger partial charge is 0.141 e. The molecule has 82 valence electrons. The van der Waals surface area contributed by atoms with Gasteiger partial charge >= 0.3 is 0 Å². The highest BCUT2D eigenvalue weighted by molar-refractivity contribution is 5.16. The Morgan fingerprint density at radius 2 is 2.27 bits per heavy atom. The van der Waals surface area contributed by atoms with Crippen molar-refractivity contribution in [2.45, 2.75) is 38.8 Å². The second-order valence-electron chi connectivity index (χ2n) is 4.43. The molecule has 1 aliphatic heterocycles. The molecule has 0 aliphatic carbocycles. The lowest BCUT2D eigenvalue weighted by Gasteiger charge is -2.28. The van der Waals surface area contributed by atoms with Crippen LogP contribution in [0.15, 0.2) is 18.5 Å². The molecule has 1 aromatic heterocycles. The van der Waals surface area contributed by atoms with E-state index in [2.05, 4.69) is 23.7 Å². The van der Waals surface area contributed by atoms with Crippen molar-refractivity contribution in [3.05, 3.63) is 29.8 Å². The summed E-state index contributed by atoms with van der Waals surface area (Å²) < 4.78 is 13.1. The first kappa shape index (κ1) is 10.6. The highest BCUT2D eigenvalue weighted by Crippen LogP contribution is 2.33. The van der Waals surface area contributed by atoms with Crippen LogP contribution in [0.5, 0.6) is 0 Å². The minimum atomic E-state index is -0.233. The van der Waals surface area contributed by atoms with Gasteiger partial charge in [-0.1, -0.05) is 0 Å². The highest BCUT2D eigenvalue weighted by Gasteiger charge is 2.27. The molecule has 3 heteroatoms. The van der Waals surface area contributed by atoms with E-state index in [9.17, 15) is 4.39 Å². The molecule has 2 heterocycles. The zero-order valence-electron chi connectivity index (χ0n) is 9.28. The minimum absolute atomic E-state index is 0.233. The van der Waals surface area contributed by atoms with Crippen LogP contribution in [0.1, 0.15) is 38.3 Å². The van der Waals surface area contributed by atoms with Crippen molar-refractivity contribution in [3.8, 4) is 0 Å². The van der Waals surface area contributed by atoms with Gasteiger partial charge in [-0.25, -0.2) is 4.39 Å². The van der Waals surface area contributed by atoms with Gasteiger partial charge in [0.2, 0.25) is 0 Å². The lowest BCUT2D eigenvalue weighted by molar-refractivity contribution is 0.205. The summed E-state index contributed by atoms with van der Waals surface area (Å²) in [7, 11) is 0. The first-order valence-corrected chi connectivity index (χ1v) is 5.54. The molecular formula is C12H17FN2. The molecular weight excluding hydrogens is 191 g/mol. The largest absolute Gasteiger partial charge is 0.294 e. The maximum absolute atomic E-state index is 13.1. The Hall–Kier alpha value is -0.960. The predicted molar refractivity (Wildman–Crippen MR) is 58.0 cm³/mol. The van der Waals surface area contributed by atoms with E-state index in [0.717, 1.165) is 18.5 Å². The molecule has 1 fully saturated rings. The van der Waals surface area contributed by atoms with E-state index in [4.69, 9.17) is 0 Å². The van der Waals surface area contributed by atoms with E-state index >= 15 is 0 Å². The van der Waals surface area contributed by atoms with Gasteiger partial charge in [-0.15, -0.1) is 0 Å². The predicted octanol–water partition coefficient (Wildman–Crippen LogP) is 2.77. The summed E-state index contributed by atoms with van der Waals surface area (Å²) >= 11 is 0. The Kier molecular flexibility index (Phi) is 3.00. The molecule has 1 aromatic rings. The molecule has 0 aromatic carbocycles. The van der Waals surface area contributed by atoms with E-state index in [-0.39, 0.29) is 5.82 Å². The number of hydrogen-bond donors (Lipinski definition) is 0. The van der Waals surface area contributed by atoms with E-state index in [0.29, 0.717) is 12.1 Å². The zero-order valence-corrected chi connectivity index (χ0v) is 9.28. The maximum atomic E-state index is 13.1. The third-order valence-corrected chi connectivity index (χ3v) is 3.07. The fourth-order valence-electron chi connectivity index (χ4n) is 2.38. The van der Waals surface area contributed by atoms with Crippen molar-refractivity contribution in [2.24, 2.45) is 0 Å². The average Bonchev–Trinajstić information content (AvgIpc) is 2.65. The molecule has 0 spiro atoms. The normalized spacial score (nSPS) is 22.5. The van der Waals surface area contributed by atoms with Crippen LogP contribution in [0.4, 0.5) is 4.39 Å². The van der Waals surface area contributed by atoms with Gasteiger partial charge in [0.15, 0.2) is 0 Å². The van der Waals surface area contributed by atoms with Crippen molar-refractivity contribution >= 4 is 0 Å². The first-order chi connectivity index (χ1) is 7.18. The molecule has 1 saturated heterocycles. The topological polar surface area (TPSA) is 16.1 Å². The average molecular weight is 208 g/mol. The summed E-state index contributed by atoms with van der Waals surface area (Å²) in [6.07, 6.45) is 5.36. The zero-order chi connectivity index (χ0) is 10.8. The number of halogens is 1. The van der Waals surface area contributed by atoms with Gasteiger partial charge in [-0.2, -0.15) is 0 Å². The molecule has 2 nitrogen and oxygen atoms in total. The molecule has 2 rings (SSSR count). The molecule has 15 heavy (non-hydrogen) atoms. The second-order valence-corrected chi connectivity index (χ2v) is 4.43. The van der Waals surface area contributed by atoms with Crippen LogP contribution in [0, 0.1) is 5.82 Å². The van der Waals surface area contributed by atoms with Gasteiger partial charge < -0.3 is 0 Å². The fourth-order valence-corrected chi connectivity index (χ4v) is 2.38. The van der Waals surface area contributed by atoms with Crippen LogP contribution in [0.25, 0.3) is 0 Å². The number of rotatable bonds is 2. The van der Waals surface area contributed by atoms with Crippen LogP contribution in [-0.2, 0) is 0 Å². The van der Waals surface area contributed by atoms with Crippen LogP contribution >= 0.6 is 0 Å². The van der Waals surface area contributed by atoms with E-state index in [1.54, 1.807) is 12.3 Å². The number of nitrogens with zero attached hydrogens (tertiary/aromatic N) is 2. The number of aromatic nitrogens is 1. The van der Waals surface area contributed by atoms with E-state index < -0.39 is 0 Å². The summed E-state index contributed by atoms with van der Waals surface area (Å²) in [5.74, 6) is -0.233. The standard InChI is InChI=1S/C12H17FN2/c1-9(2)15-5-3-4-12(15)10-6-11(13)8-14-7-10/h6-9,12H,3-5H2,1-2H3. The molecule has 1 atom stereocenters. The van der Waals surface area contributed by atoms with Crippen molar-refractivity contribution in [1.29, 1.82) is 0 Å². The van der Waals surface area contributed by atoms with Crippen LogP contribution < -0.4 is 0 Å². The van der Waals surface area contributed by atoms with Crippen molar-refractivity contribution in [1.82, 2.24) is 9.88 Å². The lowest BCUT2D eigenvalue weighted by atomic mass is 10.1. The molecule has 0 saturated carbocycles. The third kappa shape index (κ3) is 2.17. The van der Waals surface area contributed by atoms with Gasteiger partial charge in [-0.3, -0.25) is 9.88 Å². The Labute approximate surface area is 90.1 Å². The molecule has 1 unspecified atom stereocenters. The minimum Gasteiger partial charge on any atom is -0.294 e. The summed E-state index contributed by atoms with van der Waals surface area (Å²) in [5, 5.41) is 0. The molecule has 0 bridgehead atoms. The monoisotopic (exact) mass is 208 g/mol. The van der Waals surface area contributed by atoms with Gasteiger partial charge in [0.25, 0.3) is 0 Å². The lowest BCUT2D eigenvalue weighted by Crippen LogP contribution is -2.30. The van der Waals surface area contributed by atoms with Crippen LogP contribution in [0.2, 0.25) is 0 Å². The van der Waals surface area contributed by atoms with Gasteiger partial charge in [-0.05, 0) is 44.9 Å². The Balaban J connectivity index is 2.22. The molecule has 1 aliphatic rings. The third-order valence-electron chi connectivity index (χ3n) is 3.07. The highest BCUT2D eigenvalue weighted by atomic mass is 19.1. The number of pyridine rings is 1. The van der Waals surface area contributed by atoms with Crippen molar-refractivity contribution < 1.29 is 4.39 Å². The maximum Gasteiger partial charge on any atom is 0.141 e. The van der Waals surface area contributed by atoms with Gasteiger partial charge in [0.1, 0.15) is 5.82 Å². The SMILES string of the molecule is CC(C)N1CCCC1c1cncc(F)c1. The van der Waals surface area contributed by atoms with Gasteiger partial charge in [0, 0.05) is 18.3 Å². The Bertz CT molecular complexity index is 338. The van der Waals surface area contributed by atoms with Crippen LogP contribution in [0.3, 0.4) is 0 Å². The Morgan fingerprint density at radius 1 is 1.47 bits per heavy atom. The molecule has 0 amide bonds. The van der Waals surface area contributed by atoms with Crippen LogP contribution in [-0.4, -0.2) is 22.5 Å². The van der Waals surface area contributed by atoms with E-state index in [1.165, 1.54) is 12.6 Å². The number of hydrogen-bond acceptors (Lipinski definition) is 2. The van der Waals surface area contributed by atoms with E-state index in [1.807, 2.05) is 0 Å². The second kappa shape index (κ2) is 4.27. The van der Waals surface area contributed by atoms with Crippen molar-refractivity contribution in [3.63, 3.8) is 0 Å². The fraction of sp³-hybridized carbons (Fsp3) is 0.583.